The average Bonchev–Trinajstić information content (AvgIpc) is 2.47. The van der Waals surface area contributed by atoms with E-state index in [0.29, 0.717) is 18.2 Å². The van der Waals surface area contributed by atoms with Gasteiger partial charge in [0.15, 0.2) is 0 Å². The first-order valence-corrected chi connectivity index (χ1v) is 7.75. The molecule has 1 N–H and O–H groups in total. The summed E-state index contributed by atoms with van der Waals surface area (Å²) in [5.74, 6) is 0.916. The first-order chi connectivity index (χ1) is 10.1. The maximum absolute atomic E-state index is 5.61. The van der Waals surface area contributed by atoms with Crippen molar-refractivity contribution in [2.24, 2.45) is 0 Å². The molecule has 1 heterocycles. The lowest BCUT2D eigenvalue weighted by atomic mass is 10.0. The van der Waals surface area contributed by atoms with E-state index < -0.39 is 0 Å². The molecule has 1 aliphatic heterocycles. The van der Waals surface area contributed by atoms with Crippen LogP contribution >= 0.6 is 0 Å². The van der Waals surface area contributed by atoms with Gasteiger partial charge >= 0.3 is 0 Å². The summed E-state index contributed by atoms with van der Waals surface area (Å²) >= 11 is 0. The van der Waals surface area contributed by atoms with Crippen molar-refractivity contribution in [3.05, 3.63) is 29.8 Å². The van der Waals surface area contributed by atoms with Gasteiger partial charge in [0.05, 0.1) is 13.2 Å². The van der Waals surface area contributed by atoms with Crippen LogP contribution in [0.2, 0.25) is 0 Å². The van der Waals surface area contributed by atoms with Crippen molar-refractivity contribution >= 4 is 0 Å². The number of benzene rings is 1. The number of nitrogens with zero attached hydrogens (tertiary/aromatic N) is 1. The molecule has 3 unspecified atom stereocenters. The Bertz CT molecular complexity index is 437. The van der Waals surface area contributed by atoms with Gasteiger partial charge in [0.25, 0.3) is 0 Å². The van der Waals surface area contributed by atoms with Crippen LogP contribution in [0.25, 0.3) is 0 Å². The monoisotopic (exact) mass is 292 g/mol. The molecule has 4 nitrogen and oxygen atoms in total. The molecule has 2 rings (SSSR count). The van der Waals surface area contributed by atoms with Crippen LogP contribution in [0.15, 0.2) is 24.3 Å². The Morgan fingerprint density at radius 3 is 2.90 bits per heavy atom. The number of hydrogen-bond donors (Lipinski definition) is 1. The Kier molecular flexibility index (Phi) is 6.03. The lowest BCUT2D eigenvalue weighted by molar-refractivity contribution is 0.0124. The molecule has 21 heavy (non-hydrogen) atoms. The standard InChI is InChI=1S/C17H28N2O2/c1-13-10-15(8-9-21-13)18-12-17(19(2)3)14-6-5-7-16(11-14)20-4/h5-7,11,13,15,17-18H,8-10,12H2,1-4H3. The van der Waals surface area contributed by atoms with E-state index in [1.807, 2.05) is 6.07 Å². The number of hydrogen-bond acceptors (Lipinski definition) is 4. The highest BCUT2D eigenvalue weighted by Crippen LogP contribution is 2.23. The summed E-state index contributed by atoms with van der Waals surface area (Å²) in [7, 11) is 5.96. The molecule has 0 aliphatic carbocycles. The molecule has 1 aliphatic rings. The van der Waals surface area contributed by atoms with Crippen LogP contribution in [0.1, 0.15) is 31.4 Å². The van der Waals surface area contributed by atoms with Crippen LogP contribution in [0.3, 0.4) is 0 Å². The molecule has 118 valence electrons. The molecule has 1 fully saturated rings. The summed E-state index contributed by atoms with van der Waals surface area (Å²) in [5, 5.41) is 3.71. The van der Waals surface area contributed by atoms with Crippen molar-refractivity contribution < 1.29 is 9.47 Å². The van der Waals surface area contributed by atoms with Crippen molar-refractivity contribution in [3.8, 4) is 5.75 Å². The minimum atomic E-state index is 0.346. The zero-order valence-corrected chi connectivity index (χ0v) is 13.6. The maximum atomic E-state index is 5.61. The van der Waals surface area contributed by atoms with Gasteiger partial charge in [0.2, 0.25) is 0 Å². The molecule has 0 aromatic heterocycles. The summed E-state index contributed by atoms with van der Waals surface area (Å²) in [6.07, 6.45) is 2.56. The van der Waals surface area contributed by atoms with E-state index in [1.165, 1.54) is 5.56 Å². The van der Waals surface area contributed by atoms with Gasteiger partial charge in [-0.2, -0.15) is 0 Å². The number of ether oxygens (including phenoxy) is 2. The second kappa shape index (κ2) is 7.78. The highest BCUT2D eigenvalue weighted by atomic mass is 16.5. The smallest absolute Gasteiger partial charge is 0.119 e. The largest absolute Gasteiger partial charge is 0.497 e. The van der Waals surface area contributed by atoms with E-state index in [4.69, 9.17) is 9.47 Å². The van der Waals surface area contributed by atoms with Gasteiger partial charge < -0.3 is 19.7 Å². The van der Waals surface area contributed by atoms with Crippen LogP contribution in [0.5, 0.6) is 5.75 Å². The topological polar surface area (TPSA) is 33.7 Å². The Balaban J connectivity index is 1.98. The Morgan fingerprint density at radius 1 is 1.43 bits per heavy atom. The lowest BCUT2D eigenvalue weighted by Gasteiger charge is -2.31. The number of likely N-dealkylation sites (N-methyl/N-ethyl adjacent to an activating group) is 1. The Labute approximate surface area is 128 Å². The van der Waals surface area contributed by atoms with E-state index in [0.717, 1.165) is 31.7 Å². The molecule has 1 saturated heterocycles. The van der Waals surface area contributed by atoms with Crippen molar-refractivity contribution in [1.82, 2.24) is 10.2 Å². The van der Waals surface area contributed by atoms with Gasteiger partial charge in [-0.15, -0.1) is 0 Å². The van der Waals surface area contributed by atoms with Gasteiger partial charge in [-0.25, -0.2) is 0 Å². The molecule has 0 amide bonds. The molecule has 0 spiro atoms. The van der Waals surface area contributed by atoms with E-state index in [1.54, 1.807) is 7.11 Å². The van der Waals surface area contributed by atoms with Crippen molar-refractivity contribution in [3.63, 3.8) is 0 Å². The van der Waals surface area contributed by atoms with Crippen molar-refractivity contribution in [2.75, 3.05) is 34.4 Å². The summed E-state index contributed by atoms with van der Waals surface area (Å²) in [6.45, 7) is 3.96. The van der Waals surface area contributed by atoms with Gasteiger partial charge in [-0.3, -0.25) is 0 Å². The fourth-order valence-electron chi connectivity index (χ4n) is 2.91. The fraction of sp³-hybridized carbons (Fsp3) is 0.647. The zero-order chi connectivity index (χ0) is 15.2. The second-order valence-electron chi connectivity index (χ2n) is 6.07. The Morgan fingerprint density at radius 2 is 2.24 bits per heavy atom. The minimum Gasteiger partial charge on any atom is -0.497 e. The SMILES string of the molecule is COc1cccc(C(CNC2CCOC(C)C2)N(C)C)c1. The number of nitrogens with one attached hydrogen (secondary N) is 1. The van der Waals surface area contributed by atoms with Crippen molar-refractivity contribution in [1.29, 1.82) is 0 Å². The van der Waals surface area contributed by atoms with E-state index in [2.05, 4.69) is 49.4 Å². The van der Waals surface area contributed by atoms with Crippen LogP contribution in [-0.2, 0) is 4.74 Å². The van der Waals surface area contributed by atoms with Gasteiger partial charge in [0, 0.05) is 25.2 Å². The maximum Gasteiger partial charge on any atom is 0.119 e. The van der Waals surface area contributed by atoms with Crippen LogP contribution < -0.4 is 10.1 Å². The normalized spacial score (nSPS) is 24.0. The number of rotatable bonds is 6. The molecule has 3 atom stereocenters. The predicted molar refractivity (Wildman–Crippen MR) is 85.9 cm³/mol. The van der Waals surface area contributed by atoms with Crippen molar-refractivity contribution in [2.45, 2.75) is 38.0 Å². The molecule has 1 aromatic rings. The third-order valence-corrected chi connectivity index (χ3v) is 4.19. The summed E-state index contributed by atoms with van der Waals surface area (Å²) < 4.78 is 10.9. The average molecular weight is 292 g/mol. The van der Waals surface area contributed by atoms with Crippen LogP contribution in [0, 0.1) is 0 Å². The summed E-state index contributed by atoms with van der Waals surface area (Å²) in [6, 6.07) is 9.24. The van der Waals surface area contributed by atoms with E-state index in [-0.39, 0.29) is 0 Å². The first kappa shape index (κ1) is 16.3. The molecule has 4 heteroatoms. The van der Waals surface area contributed by atoms with E-state index >= 15 is 0 Å². The minimum absolute atomic E-state index is 0.346. The zero-order valence-electron chi connectivity index (χ0n) is 13.6. The fourth-order valence-corrected chi connectivity index (χ4v) is 2.91. The lowest BCUT2D eigenvalue weighted by Crippen LogP contribution is -2.42. The van der Waals surface area contributed by atoms with Gasteiger partial charge in [-0.1, -0.05) is 12.1 Å². The molecular weight excluding hydrogens is 264 g/mol. The van der Waals surface area contributed by atoms with Gasteiger partial charge in [-0.05, 0) is 51.6 Å². The molecular formula is C17H28N2O2. The highest BCUT2D eigenvalue weighted by Gasteiger charge is 2.21. The van der Waals surface area contributed by atoms with E-state index in [9.17, 15) is 0 Å². The van der Waals surface area contributed by atoms with Crippen LogP contribution in [-0.4, -0.2) is 51.4 Å². The third kappa shape index (κ3) is 4.70. The summed E-state index contributed by atoms with van der Waals surface area (Å²) in [4.78, 5) is 2.25. The molecule has 1 aromatic carbocycles. The predicted octanol–water partition coefficient (Wildman–Crippen LogP) is 2.46. The summed E-state index contributed by atoms with van der Waals surface area (Å²) in [5.41, 5.74) is 1.28. The first-order valence-electron chi connectivity index (χ1n) is 7.75. The van der Waals surface area contributed by atoms with Crippen LogP contribution in [0.4, 0.5) is 0 Å². The Hall–Kier alpha value is -1.10. The quantitative estimate of drug-likeness (QED) is 0.873. The third-order valence-electron chi connectivity index (χ3n) is 4.19. The number of methoxy groups -OCH3 is 1. The molecule has 0 radical (unpaired) electrons. The molecule has 0 bridgehead atoms. The highest BCUT2D eigenvalue weighted by molar-refractivity contribution is 5.30. The second-order valence-corrected chi connectivity index (χ2v) is 6.07. The van der Waals surface area contributed by atoms with Gasteiger partial charge in [0.1, 0.15) is 5.75 Å². The molecule has 0 saturated carbocycles.